The van der Waals surface area contributed by atoms with Gasteiger partial charge in [0, 0.05) is 25.4 Å². The average Bonchev–Trinajstić information content (AvgIpc) is 3.11. The second kappa shape index (κ2) is 7.21. The van der Waals surface area contributed by atoms with Gasteiger partial charge in [0.1, 0.15) is 0 Å². The molecule has 3 rings (SSSR count). The Morgan fingerprint density at radius 3 is 2.83 bits per heavy atom. The Labute approximate surface area is 135 Å². The molecular formula is C17H20N4O2. The van der Waals surface area contributed by atoms with Gasteiger partial charge in [0.15, 0.2) is 0 Å². The van der Waals surface area contributed by atoms with Crippen molar-refractivity contribution in [2.45, 2.75) is 12.6 Å². The molecule has 0 bridgehead atoms. The number of carbonyl (C=O) groups is 1. The molecule has 2 aromatic rings. The van der Waals surface area contributed by atoms with E-state index in [0.717, 1.165) is 11.1 Å². The van der Waals surface area contributed by atoms with Crippen molar-refractivity contribution >= 4 is 5.91 Å². The van der Waals surface area contributed by atoms with Crippen LogP contribution in [0.25, 0.3) is 0 Å². The Morgan fingerprint density at radius 2 is 2.13 bits per heavy atom. The first-order chi connectivity index (χ1) is 11.3. The average molecular weight is 312 g/mol. The molecule has 6 nitrogen and oxygen atoms in total. The van der Waals surface area contributed by atoms with Crippen LogP contribution in [0, 0.1) is 5.92 Å². The van der Waals surface area contributed by atoms with Crippen molar-refractivity contribution in [2.75, 3.05) is 13.7 Å². The standard InChI is InChI=1S/C17H20N4O2/c1-23-15-8-7-12(9-18-15)10-19-17(22)14-11-20-21-16(14)13-5-3-2-4-6-13/h2-9,14,16,20-21H,10-11H2,1H3,(H,19,22). The predicted molar refractivity (Wildman–Crippen MR) is 86.4 cm³/mol. The highest BCUT2D eigenvalue weighted by atomic mass is 16.5. The summed E-state index contributed by atoms with van der Waals surface area (Å²) in [5.41, 5.74) is 8.29. The number of aromatic nitrogens is 1. The van der Waals surface area contributed by atoms with Gasteiger partial charge in [-0.25, -0.2) is 10.4 Å². The first kappa shape index (κ1) is 15.5. The molecule has 120 valence electrons. The third-order valence-electron chi connectivity index (χ3n) is 3.95. The van der Waals surface area contributed by atoms with Crippen LogP contribution in [0.5, 0.6) is 5.88 Å². The Balaban J connectivity index is 1.60. The summed E-state index contributed by atoms with van der Waals surface area (Å²) in [5, 5.41) is 2.98. The normalized spacial score (nSPS) is 20.2. The highest BCUT2D eigenvalue weighted by molar-refractivity contribution is 5.80. The van der Waals surface area contributed by atoms with Crippen LogP contribution in [0.15, 0.2) is 48.7 Å². The van der Waals surface area contributed by atoms with Gasteiger partial charge in [-0.15, -0.1) is 0 Å². The van der Waals surface area contributed by atoms with Crippen LogP contribution in [0.3, 0.4) is 0 Å². The van der Waals surface area contributed by atoms with E-state index in [1.165, 1.54) is 0 Å². The van der Waals surface area contributed by atoms with Gasteiger partial charge in [-0.2, -0.15) is 0 Å². The summed E-state index contributed by atoms with van der Waals surface area (Å²) in [5.74, 6) is 0.434. The summed E-state index contributed by atoms with van der Waals surface area (Å²) in [6.07, 6.45) is 1.71. The van der Waals surface area contributed by atoms with Crippen LogP contribution in [0.1, 0.15) is 17.2 Å². The minimum atomic E-state index is -0.149. The van der Waals surface area contributed by atoms with E-state index >= 15 is 0 Å². The molecule has 1 amide bonds. The number of hydrogen-bond donors (Lipinski definition) is 3. The highest BCUT2D eigenvalue weighted by Gasteiger charge is 2.33. The molecule has 23 heavy (non-hydrogen) atoms. The Kier molecular flexibility index (Phi) is 4.85. The molecule has 1 aliphatic heterocycles. The molecule has 0 spiro atoms. The highest BCUT2D eigenvalue weighted by Crippen LogP contribution is 2.24. The summed E-state index contributed by atoms with van der Waals surface area (Å²) in [6.45, 7) is 1.06. The van der Waals surface area contributed by atoms with E-state index in [1.54, 1.807) is 19.4 Å². The van der Waals surface area contributed by atoms with Crippen LogP contribution < -0.4 is 20.9 Å². The predicted octanol–water partition coefficient (Wildman–Crippen LogP) is 1.17. The summed E-state index contributed by atoms with van der Waals surface area (Å²) in [4.78, 5) is 16.6. The SMILES string of the molecule is COc1ccc(CNC(=O)C2CNNC2c2ccccc2)cn1. The zero-order valence-electron chi connectivity index (χ0n) is 13.0. The maximum Gasteiger partial charge on any atom is 0.226 e. The van der Waals surface area contributed by atoms with Crippen molar-refractivity contribution in [2.24, 2.45) is 5.92 Å². The molecule has 1 aromatic carbocycles. The number of methoxy groups -OCH3 is 1. The Hall–Kier alpha value is -2.44. The fourth-order valence-electron chi connectivity index (χ4n) is 2.67. The molecule has 1 aromatic heterocycles. The van der Waals surface area contributed by atoms with Crippen molar-refractivity contribution < 1.29 is 9.53 Å². The monoisotopic (exact) mass is 312 g/mol. The molecule has 1 aliphatic rings. The van der Waals surface area contributed by atoms with Crippen molar-refractivity contribution in [1.29, 1.82) is 0 Å². The summed E-state index contributed by atoms with van der Waals surface area (Å²) >= 11 is 0. The van der Waals surface area contributed by atoms with Crippen LogP contribution in [-0.4, -0.2) is 24.5 Å². The Morgan fingerprint density at radius 1 is 1.30 bits per heavy atom. The molecule has 2 heterocycles. The molecule has 2 unspecified atom stereocenters. The van der Waals surface area contributed by atoms with Gasteiger partial charge in [0.25, 0.3) is 0 Å². The largest absolute Gasteiger partial charge is 0.481 e. The number of pyridine rings is 1. The Bertz CT molecular complexity index is 645. The molecule has 0 aliphatic carbocycles. The lowest BCUT2D eigenvalue weighted by Crippen LogP contribution is -2.34. The van der Waals surface area contributed by atoms with E-state index in [-0.39, 0.29) is 17.9 Å². The van der Waals surface area contributed by atoms with Gasteiger partial charge in [0.2, 0.25) is 11.8 Å². The quantitative estimate of drug-likeness (QED) is 0.773. The van der Waals surface area contributed by atoms with Gasteiger partial charge in [-0.3, -0.25) is 10.2 Å². The van der Waals surface area contributed by atoms with E-state index in [2.05, 4.69) is 21.2 Å². The summed E-state index contributed by atoms with van der Waals surface area (Å²) in [7, 11) is 1.58. The molecule has 3 N–H and O–H groups in total. The van der Waals surface area contributed by atoms with E-state index in [9.17, 15) is 4.79 Å². The zero-order chi connectivity index (χ0) is 16.1. The van der Waals surface area contributed by atoms with Gasteiger partial charge < -0.3 is 10.1 Å². The molecular weight excluding hydrogens is 292 g/mol. The van der Waals surface area contributed by atoms with E-state index in [4.69, 9.17) is 4.74 Å². The smallest absolute Gasteiger partial charge is 0.226 e. The molecule has 1 fully saturated rings. The van der Waals surface area contributed by atoms with Crippen LogP contribution in [-0.2, 0) is 11.3 Å². The third-order valence-corrected chi connectivity index (χ3v) is 3.95. The number of ether oxygens (including phenoxy) is 1. The second-order valence-electron chi connectivity index (χ2n) is 5.45. The van der Waals surface area contributed by atoms with Gasteiger partial charge in [0.05, 0.1) is 19.1 Å². The number of amides is 1. The molecule has 0 radical (unpaired) electrons. The third kappa shape index (κ3) is 3.67. The summed E-state index contributed by atoms with van der Waals surface area (Å²) < 4.78 is 5.02. The van der Waals surface area contributed by atoms with Crippen molar-refractivity contribution in [3.05, 3.63) is 59.8 Å². The number of benzene rings is 1. The lowest BCUT2D eigenvalue weighted by atomic mass is 9.94. The number of hydrazine groups is 1. The first-order valence-corrected chi connectivity index (χ1v) is 7.58. The van der Waals surface area contributed by atoms with E-state index in [1.807, 2.05) is 36.4 Å². The topological polar surface area (TPSA) is 75.3 Å². The minimum absolute atomic E-state index is 0.0205. The van der Waals surface area contributed by atoms with Crippen LogP contribution >= 0.6 is 0 Å². The molecule has 1 saturated heterocycles. The second-order valence-corrected chi connectivity index (χ2v) is 5.45. The summed E-state index contributed by atoms with van der Waals surface area (Å²) in [6, 6.07) is 13.6. The number of rotatable bonds is 5. The number of nitrogens with zero attached hydrogens (tertiary/aromatic N) is 1. The van der Waals surface area contributed by atoms with E-state index in [0.29, 0.717) is 19.0 Å². The minimum Gasteiger partial charge on any atom is -0.481 e. The zero-order valence-corrected chi connectivity index (χ0v) is 13.0. The van der Waals surface area contributed by atoms with Crippen molar-refractivity contribution in [1.82, 2.24) is 21.2 Å². The van der Waals surface area contributed by atoms with Crippen molar-refractivity contribution in [3.8, 4) is 5.88 Å². The lowest BCUT2D eigenvalue weighted by molar-refractivity contribution is -0.125. The van der Waals surface area contributed by atoms with Crippen LogP contribution in [0.2, 0.25) is 0 Å². The van der Waals surface area contributed by atoms with Gasteiger partial charge in [-0.1, -0.05) is 36.4 Å². The van der Waals surface area contributed by atoms with Gasteiger partial charge in [-0.05, 0) is 11.1 Å². The number of carbonyl (C=O) groups excluding carboxylic acids is 1. The van der Waals surface area contributed by atoms with Gasteiger partial charge >= 0.3 is 0 Å². The molecule has 2 atom stereocenters. The molecule has 6 heteroatoms. The van der Waals surface area contributed by atoms with Crippen LogP contribution in [0.4, 0.5) is 0 Å². The van der Waals surface area contributed by atoms with Crippen molar-refractivity contribution in [3.63, 3.8) is 0 Å². The fourth-order valence-corrected chi connectivity index (χ4v) is 2.67. The number of hydrogen-bond acceptors (Lipinski definition) is 5. The lowest BCUT2D eigenvalue weighted by Gasteiger charge is -2.18. The number of nitrogens with one attached hydrogen (secondary N) is 3. The van der Waals surface area contributed by atoms with E-state index < -0.39 is 0 Å². The maximum atomic E-state index is 12.5. The first-order valence-electron chi connectivity index (χ1n) is 7.58. The maximum absolute atomic E-state index is 12.5. The fraction of sp³-hybridized carbons (Fsp3) is 0.294. The molecule has 0 saturated carbocycles.